The smallest absolute Gasteiger partial charge is 0.207 e. The van der Waals surface area contributed by atoms with Gasteiger partial charge in [-0.3, -0.25) is 4.79 Å². The van der Waals surface area contributed by atoms with E-state index in [0.717, 1.165) is 18.8 Å². The van der Waals surface area contributed by atoms with Crippen molar-refractivity contribution in [1.82, 2.24) is 0 Å². The summed E-state index contributed by atoms with van der Waals surface area (Å²) in [4.78, 5) is 12.4. The molecule has 0 spiro atoms. The number of benzene rings is 1. The van der Waals surface area contributed by atoms with Crippen LogP contribution in [0.5, 0.6) is 11.5 Å². The summed E-state index contributed by atoms with van der Waals surface area (Å²) in [6.07, 6.45) is 12.8. The topological polar surface area (TPSA) is 46.5 Å². The van der Waals surface area contributed by atoms with Crippen LogP contribution in [0.1, 0.15) is 94.8 Å². The third kappa shape index (κ3) is 6.51. The molecule has 0 bridgehead atoms. The minimum absolute atomic E-state index is 0.0118. The molecule has 1 aliphatic rings. The van der Waals surface area contributed by atoms with Crippen LogP contribution in [0.25, 0.3) is 0 Å². The summed E-state index contributed by atoms with van der Waals surface area (Å²) >= 11 is 0. The fraction of sp³-hybridized carbons (Fsp3) is 0.696. The average molecular weight is 379 g/mol. The van der Waals surface area contributed by atoms with Gasteiger partial charge >= 0.3 is 0 Å². The number of hydrogen-bond donors (Lipinski definition) is 1. The van der Waals surface area contributed by atoms with Crippen molar-refractivity contribution < 1.29 is 19.0 Å². The van der Waals surface area contributed by atoms with Crippen LogP contribution in [-0.2, 0) is 0 Å². The second kappa shape index (κ2) is 11.3. The predicted molar refractivity (Wildman–Crippen MR) is 107 cm³/mol. The molecule has 1 aromatic carbocycles. The van der Waals surface area contributed by atoms with Gasteiger partial charge < -0.3 is 9.84 Å². The lowest BCUT2D eigenvalue weighted by molar-refractivity contribution is 0.0972. The standard InChI is InChI=1S/C23H35FO3/c1-3-5-6-8-17-11-13-18(14-12-17)9-7-10-20(25)19-15-16-21(27-4-2)22(24)23(19)26/h15-18,26H,3-14H2,1-2H3. The monoisotopic (exact) mass is 378 g/mol. The zero-order valence-electron chi connectivity index (χ0n) is 16.9. The van der Waals surface area contributed by atoms with Crippen LogP contribution in [0.4, 0.5) is 4.39 Å². The number of phenolic OH excluding ortho intramolecular Hbond substituents is 1. The molecule has 27 heavy (non-hydrogen) atoms. The average Bonchev–Trinajstić information content (AvgIpc) is 2.67. The van der Waals surface area contributed by atoms with E-state index < -0.39 is 11.6 Å². The normalized spacial score (nSPS) is 19.8. The molecule has 0 aromatic heterocycles. The molecule has 2 rings (SSSR count). The highest BCUT2D eigenvalue weighted by molar-refractivity contribution is 5.98. The first-order valence-electron chi connectivity index (χ1n) is 10.7. The third-order valence-electron chi connectivity index (χ3n) is 5.88. The fourth-order valence-corrected chi connectivity index (χ4v) is 4.22. The van der Waals surface area contributed by atoms with Gasteiger partial charge in [0.2, 0.25) is 5.82 Å². The van der Waals surface area contributed by atoms with Gasteiger partial charge in [0.25, 0.3) is 0 Å². The number of rotatable bonds is 11. The van der Waals surface area contributed by atoms with E-state index in [2.05, 4.69) is 6.92 Å². The van der Waals surface area contributed by atoms with E-state index in [4.69, 9.17) is 4.74 Å². The van der Waals surface area contributed by atoms with Crippen molar-refractivity contribution >= 4 is 5.78 Å². The number of carbonyl (C=O) groups is 1. The van der Waals surface area contributed by atoms with Crippen molar-refractivity contribution in [2.75, 3.05) is 6.61 Å². The summed E-state index contributed by atoms with van der Waals surface area (Å²) in [5.74, 6) is -0.0170. The molecule has 0 heterocycles. The number of aromatic hydroxyl groups is 1. The lowest BCUT2D eigenvalue weighted by Gasteiger charge is -2.28. The van der Waals surface area contributed by atoms with E-state index in [0.29, 0.717) is 18.9 Å². The van der Waals surface area contributed by atoms with Crippen LogP contribution in [0.15, 0.2) is 12.1 Å². The Bertz CT molecular complexity index is 592. The van der Waals surface area contributed by atoms with E-state index in [9.17, 15) is 14.3 Å². The van der Waals surface area contributed by atoms with Crippen molar-refractivity contribution in [3.05, 3.63) is 23.5 Å². The molecule has 1 N–H and O–H groups in total. The van der Waals surface area contributed by atoms with Gasteiger partial charge in [-0.2, -0.15) is 4.39 Å². The van der Waals surface area contributed by atoms with Crippen LogP contribution in [0, 0.1) is 17.7 Å². The molecule has 3 nitrogen and oxygen atoms in total. The van der Waals surface area contributed by atoms with Gasteiger partial charge in [0.1, 0.15) is 0 Å². The molecular formula is C23H35FO3. The summed E-state index contributed by atoms with van der Waals surface area (Å²) in [5, 5.41) is 9.97. The van der Waals surface area contributed by atoms with Crippen LogP contribution in [0.2, 0.25) is 0 Å². The Labute approximate surface area is 163 Å². The molecule has 1 fully saturated rings. The van der Waals surface area contributed by atoms with Crippen LogP contribution in [-0.4, -0.2) is 17.5 Å². The molecule has 0 radical (unpaired) electrons. The van der Waals surface area contributed by atoms with Gasteiger partial charge in [0, 0.05) is 6.42 Å². The van der Waals surface area contributed by atoms with Gasteiger partial charge in [0.05, 0.1) is 12.2 Å². The Morgan fingerprint density at radius 2 is 1.70 bits per heavy atom. The third-order valence-corrected chi connectivity index (χ3v) is 5.88. The van der Waals surface area contributed by atoms with E-state index in [1.54, 1.807) is 6.92 Å². The van der Waals surface area contributed by atoms with E-state index in [1.165, 1.54) is 63.5 Å². The molecule has 0 atom stereocenters. The lowest BCUT2D eigenvalue weighted by Crippen LogP contribution is -2.15. The van der Waals surface area contributed by atoms with Crippen LogP contribution < -0.4 is 4.74 Å². The molecule has 0 aliphatic heterocycles. The van der Waals surface area contributed by atoms with Crippen molar-refractivity contribution in [3.8, 4) is 11.5 Å². The predicted octanol–water partition coefficient (Wildman–Crippen LogP) is 6.67. The summed E-state index contributed by atoms with van der Waals surface area (Å²) in [6.45, 7) is 4.30. The summed E-state index contributed by atoms with van der Waals surface area (Å²) in [5.41, 5.74) is 0.0654. The molecule has 1 aliphatic carbocycles. The number of phenols is 1. The van der Waals surface area contributed by atoms with Gasteiger partial charge in [-0.05, 0) is 37.3 Å². The molecule has 0 amide bonds. The Hall–Kier alpha value is -1.58. The number of hydrogen-bond acceptors (Lipinski definition) is 3. The van der Waals surface area contributed by atoms with Gasteiger partial charge in [-0.25, -0.2) is 0 Å². The highest BCUT2D eigenvalue weighted by Crippen LogP contribution is 2.35. The summed E-state index contributed by atoms with van der Waals surface area (Å²) in [6, 6.07) is 2.89. The van der Waals surface area contributed by atoms with E-state index in [1.807, 2.05) is 0 Å². The van der Waals surface area contributed by atoms with Crippen LogP contribution in [0.3, 0.4) is 0 Å². The van der Waals surface area contributed by atoms with E-state index in [-0.39, 0.29) is 17.1 Å². The lowest BCUT2D eigenvalue weighted by atomic mass is 9.78. The maximum atomic E-state index is 14.0. The largest absolute Gasteiger partial charge is 0.504 e. The molecule has 1 saturated carbocycles. The summed E-state index contributed by atoms with van der Waals surface area (Å²) < 4.78 is 19.1. The first-order valence-corrected chi connectivity index (χ1v) is 10.7. The molecule has 4 heteroatoms. The molecule has 0 saturated heterocycles. The number of ketones is 1. The van der Waals surface area contributed by atoms with Crippen LogP contribution >= 0.6 is 0 Å². The van der Waals surface area contributed by atoms with E-state index >= 15 is 0 Å². The Morgan fingerprint density at radius 3 is 2.30 bits per heavy atom. The second-order valence-corrected chi connectivity index (χ2v) is 7.90. The summed E-state index contributed by atoms with van der Waals surface area (Å²) in [7, 11) is 0. The van der Waals surface area contributed by atoms with Crippen molar-refractivity contribution in [2.45, 2.75) is 84.5 Å². The second-order valence-electron chi connectivity index (χ2n) is 7.90. The minimum Gasteiger partial charge on any atom is -0.504 e. The molecule has 0 unspecified atom stereocenters. The Kier molecular flexibility index (Phi) is 9.09. The molecule has 152 valence electrons. The maximum Gasteiger partial charge on any atom is 0.207 e. The quantitative estimate of drug-likeness (QED) is 0.345. The number of carbonyl (C=O) groups excluding carboxylic acids is 1. The first-order chi connectivity index (χ1) is 13.1. The zero-order valence-corrected chi connectivity index (χ0v) is 16.9. The van der Waals surface area contributed by atoms with Crippen molar-refractivity contribution in [1.29, 1.82) is 0 Å². The number of Topliss-reactive ketones (excluding diaryl/α,β-unsaturated/α-hetero) is 1. The fourth-order valence-electron chi connectivity index (χ4n) is 4.22. The van der Waals surface area contributed by atoms with Gasteiger partial charge in [-0.1, -0.05) is 64.7 Å². The SMILES string of the molecule is CCCCCC1CCC(CCCC(=O)c2ccc(OCC)c(F)c2O)CC1. The molecular weight excluding hydrogens is 343 g/mol. The van der Waals surface area contributed by atoms with Gasteiger partial charge in [-0.15, -0.1) is 0 Å². The maximum absolute atomic E-state index is 14.0. The zero-order chi connectivity index (χ0) is 19.6. The Balaban J connectivity index is 1.73. The van der Waals surface area contributed by atoms with Gasteiger partial charge in [0.15, 0.2) is 17.3 Å². The number of ether oxygens (including phenoxy) is 1. The number of halogens is 1. The highest BCUT2D eigenvalue weighted by Gasteiger charge is 2.22. The minimum atomic E-state index is -0.843. The first kappa shape index (κ1) is 21.7. The van der Waals surface area contributed by atoms with Crippen molar-refractivity contribution in [2.24, 2.45) is 11.8 Å². The molecule has 1 aromatic rings. The van der Waals surface area contributed by atoms with Crippen molar-refractivity contribution in [3.63, 3.8) is 0 Å². The highest BCUT2D eigenvalue weighted by atomic mass is 19.1. The Morgan fingerprint density at radius 1 is 1.07 bits per heavy atom. The number of unbranched alkanes of at least 4 members (excludes halogenated alkanes) is 2.